The molecule has 1 unspecified atom stereocenters. The first kappa shape index (κ1) is 26.0. The number of nitrogens with one attached hydrogen (secondary N) is 1. The zero-order valence-corrected chi connectivity index (χ0v) is 20.6. The van der Waals surface area contributed by atoms with Gasteiger partial charge in [-0.05, 0) is 73.3 Å². The highest BCUT2D eigenvalue weighted by atomic mass is 19.4. The number of rotatable bonds is 8. The molecule has 1 N–H and O–H groups in total. The van der Waals surface area contributed by atoms with Gasteiger partial charge in [-0.25, -0.2) is 9.97 Å². The number of ether oxygens (including phenoxy) is 1. The quantitative estimate of drug-likeness (QED) is 0.538. The van der Waals surface area contributed by atoms with Crippen molar-refractivity contribution in [1.82, 2.24) is 15.3 Å². The average molecular weight is 503 g/mol. The lowest BCUT2D eigenvalue weighted by Gasteiger charge is -2.31. The molecule has 36 heavy (non-hydrogen) atoms. The molecule has 1 aromatic heterocycles. The number of aromatic nitrogens is 2. The monoisotopic (exact) mass is 502 g/mol. The molecule has 0 saturated carbocycles. The second-order valence-corrected chi connectivity index (χ2v) is 9.54. The summed E-state index contributed by atoms with van der Waals surface area (Å²) in [5.41, 5.74) is 3.31. The molecule has 1 atom stereocenters. The van der Waals surface area contributed by atoms with Gasteiger partial charge >= 0.3 is 6.18 Å². The largest absolute Gasteiger partial charge is 0.493 e. The molecule has 9 heteroatoms. The number of alkyl halides is 3. The van der Waals surface area contributed by atoms with Crippen LogP contribution in [0.1, 0.15) is 50.2 Å². The van der Waals surface area contributed by atoms with Crippen LogP contribution in [0.2, 0.25) is 0 Å². The number of carbonyl (C=O) groups is 1. The van der Waals surface area contributed by atoms with Gasteiger partial charge in [0, 0.05) is 31.4 Å². The SMILES string of the molecule is CCc1cnc(N2CCC(COc3ccc(C4=CCC(C(=O)NCC(F)(F)F)CC4)cc3)CC2)nc1. The fraction of sp³-hybridized carbons (Fsp3) is 0.519. The summed E-state index contributed by atoms with van der Waals surface area (Å²) in [7, 11) is 0. The third kappa shape index (κ3) is 7.21. The van der Waals surface area contributed by atoms with E-state index in [0.29, 0.717) is 31.8 Å². The van der Waals surface area contributed by atoms with Crippen molar-refractivity contribution < 1.29 is 22.7 Å². The summed E-state index contributed by atoms with van der Waals surface area (Å²) < 4.78 is 43.0. The summed E-state index contributed by atoms with van der Waals surface area (Å²) in [5.74, 6) is 1.16. The predicted molar refractivity (Wildman–Crippen MR) is 133 cm³/mol. The summed E-state index contributed by atoms with van der Waals surface area (Å²) in [6, 6.07) is 7.92. The van der Waals surface area contributed by atoms with E-state index in [4.69, 9.17) is 4.74 Å². The number of nitrogens with zero attached hydrogens (tertiary/aromatic N) is 3. The number of carbonyl (C=O) groups excluding carboxylic acids is 1. The maximum Gasteiger partial charge on any atom is 0.405 e. The average Bonchev–Trinajstić information content (AvgIpc) is 2.91. The molecular formula is C27H33F3N4O2. The molecule has 2 aromatic rings. The minimum absolute atomic E-state index is 0.410. The van der Waals surface area contributed by atoms with Crippen molar-refractivity contribution >= 4 is 17.4 Å². The standard InChI is InChI=1S/C27H33F3N4O2/c1-2-19-15-31-26(32-16-19)34-13-11-20(12-14-34)17-36-24-9-7-22(8-10-24)21-3-5-23(6-4-21)25(35)33-18-27(28,29)30/h3,7-10,15-16,20,23H,2,4-6,11-14,17-18H2,1H3,(H,33,35). The zero-order chi connectivity index (χ0) is 25.5. The molecule has 0 bridgehead atoms. The molecule has 2 heterocycles. The van der Waals surface area contributed by atoms with Gasteiger partial charge in [-0.2, -0.15) is 13.2 Å². The number of piperidine rings is 1. The predicted octanol–water partition coefficient (Wildman–Crippen LogP) is 5.20. The van der Waals surface area contributed by atoms with Crippen LogP contribution < -0.4 is 15.0 Å². The van der Waals surface area contributed by atoms with Gasteiger partial charge in [0.25, 0.3) is 0 Å². The summed E-state index contributed by atoms with van der Waals surface area (Å²) in [4.78, 5) is 23.2. The molecule has 4 rings (SSSR count). The highest BCUT2D eigenvalue weighted by molar-refractivity contribution is 5.80. The maximum absolute atomic E-state index is 12.3. The Balaban J connectivity index is 1.20. The summed E-state index contributed by atoms with van der Waals surface area (Å²) >= 11 is 0. The van der Waals surface area contributed by atoms with E-state index < -0.39 is 24.5 Å². The second-order valence-electron chi connectivity index (χ2n) is 9.54. The number of anilines is 1. The lowest BCUT2D eigenvalue weighted by Crippen LogP contribution is -2.38. The second kappa shape index (κ2) is 11.8. The highest BCUT2D eigenvalue weighted by Crippen LogP contribution is 2.31. The van der Waals surface area contributed by atoms with Crippen LogP contribution >= 0.6 is 0 Å². The summed E-state index contributed by atoms with van der Waals surface area (Å²) in [6.07, 6.45) is 6.02. The Labute approximate surface area is 210 Å². The topological polar surface area (TPSA) is 67.4 Å². The fourth-order valence-electron chi connectivity index (χ4n) is 4.64. The van der Waals surface area contributed by atoms with Crippen molar-refractivity contribution in [3.63, 3.8) is 0 Å². The minimum Gasteiger partial charge on any atom is -0.493 e. The molecule has 194 valence electrons. The molecule has 1 saturated heterocycles. The van der Waals surface area contributed by atoms with E-state index >= 15 is 0 Å². The third-order valence-corrected chi connectivity index (χ3v) is 6.95. The Morgan fingerprint density at radius 1 is 1.11 bits per heavy atom. The fourth-order valence-corrected chi connectivity index (χ4v) is 4.64. The maximum atomic E-state index is 12.3. The Morgan fingerprint density at radius 2 is 1.81 bits per heavy atom. The van der Waals surface area contributed by atoms with Crippen LogP contribution in [-0.4, -0.2) is 48.3 Å². The van der Waals surface area contributed by atoms with Crippen molar-refractivity contribution in [2.24, 2.45) is 11.8 Å². The molecule has 1 aliphatic carbocycles. The van der Waals surface area contributed by atoms with E-state index in [1.54, 1.807) is 0 Å². The van der Waals surface area contributed by atoms with Crippen LogP contribution in [0.5, 0.6) is 5.75 Å². The number of halogens is 3. The van der Waals surface area contributed by atoms with Gasteiger partial charge in [0.15, 0.2) is 0 Å². The number of allylic oxidation sites excluding steroid dienone is 2. The van der Waals surface area contributed by atoms with E-state index in [1.807, 2.05) is 48.1 Å². The van der Waals surface area contributed by atoms with Gasteiger partial charge in [-0.3, -0.25) is 4.79 Å². The molecular weight excluding hydrogens is 469 g/mol. The number of hydrogen-bond acceptors (Lipinski definition) is 5. The van der Waals surface area contributed by atoms with Crippen LogP contribution in [0, 0.1) is 11.8 Å². The van der Waals surface area contributed by atoms with Crippen LogP contribution in [0.25, 0.3) is 5.57 Å². The van der Waals surface area contributed by atoms with Crippen LogP contribution in [0.4, 0.5) is 19.1 Å². The molecule has 2 aliphatic rings. The third-order valence-electron chi connectivity index (χ3n) is 6.95. The first-order chi connectivity index (χ1) is 17.3. The van der Waals surface area contributed by atoms with Gasteiger partial charge in [0.1, 0.15) is 12.3 Å². The van der Waals surface area contributed by atoms with Gasteiger partial charge in [0.2, 0.25) is 11.9 Å². The Bertz CT molecular complexity index is 1030. The minimum atomic E-state index is -4.39. The van der Waals surface area contributed by atoms with Crippen molar-refractivity contribution in [2.45, 2.75) is 51.6 Å². The van der Waals surface area contributed by atoms with Gasteiger partial charge < -0.3 is 15.0 Å². The number of hydrogen-bond donors (Lipinski definition) is 1. The number of aryl methyl sites for hydroxylation is 1. The molecule has 1 aliphatic heterocycles. The van der Waals surface area contributed by atoms with Crippen molar-refractivity contribution in [3.05, 3.63) is 53.9 Å². The Kier molecular flexibility index (Phi) is 8.48. The Morgan fingerprint density at radius 3 is 2.39 bits per heavy atom. The van der Waals surface area contributed by atoms with E-state index in [1.165, 1.54) is 0 Å². The van der Waals surface area contributed by atoms with E-state index in [2.05, 4.69) is 21.8 Å². The van der Waals surface area contributed by atoms with E-state index in [9.17, 15) is 18.0 Å². The summed E-state index contributed by atoms with van der Waals surface area (Å²) in [6.45, 7) is 3.32. The van der Waals surface area contributed by atoms with Gasteiger partial charge in [0.05, 0.1) is 6.61 Å². The number of benzene rings is 1. The van der Waals surface area contributed by atoms with Gasteiger partial charge in [-0.15, -0.1) is 0 Å². The first-order valence-corrected chi connectivity index (χ1v) is 12.6. The van der Waals surface area contributed by atoms with E-state index in [0.717, 1.165) is 60.7 Å². The van der Waals surface area contributed by atoms with Crippen molar-refractivity contribution in [1.29, 1.82) is 0 Å². The van der Waals surface area contributed by atoms with Crippen molar-refractivity contribution in [3.8, 4) is 5.75 Å². The smallest absolute Gasteiger partial charge is 0.405 e. The molecule has 1 fully saturated rings. The van der Waals surface area contributed by atoms with Crippen LogP contribution in [-0.2, 0) is 11.2 Å². The van der Waals surface area contributed by atoms with Gasteiger partial charge in [-0.1, -0.05) is 25.1 Å². The lowest BCUT2D eigenvalue weighted by atomic mass is 9.86. The lowest BCUT2D eigenvalue weighted by molar-refractivity contribution is -0.140. The first-order valence-electron chi connectivity index (χ1n) is 12.6. The molecule has 6 nitrogen and oxygen atoms in total. The normalized spacial score (nSPS) is 19.1. The zero-order valence-electron chi connectivity index (χ0n) is 20.6. The van der Waals surface area contributed by atoms with E-state index in [-0.39, 0.29) is 0 Å². The molecule has 1 aromatic carbocycles. The molecule has 0 radical (unpaired) electrons. The summed E-state index contributed by atoms with van der Waals surface area (Å²) in [5, 5.41) is 1.99. The number of amides is 1. The highest BCUT2D eigenvalue weighted by Gasteiger charge is 2.30. The van der Waals surface area contributed by atoms with Crippen LogP contribution in [0.3, 0.4) is 0 Å². The molecule has 0 spiro atoms. The Hall–Kier alpha value is -3.10. The van der Waals surface area contributed by atoms with Crippen LogP contribution in [0.15, 0.2) is 42.7 Å². The molecule has 1 amide bonds. The van der Waals surface area contributed by atoms with Crippen molar-refractivity contribution in [2.75, 3.05) is 31.1 Å².